The number of ether oxygens (including phenoxy) is 1. The Kier molecular flexibility index (Phi) is 2.74. The summed E-state index contributed by atoms with van der Waals surface area (Å²) in [6.45, 7) is 0. The lowest BCUT2D eigenvalue weighted by atomic mass is 10.1. The molecule has 0 radical (unpaired) electrons. The van der Waals surface area contributed by atoms with Gasteiger partial charge in [-0.25, -0.2) is 0 Å². The summed E-state index contributed by atoms with van der Waals surface area (Å²) in [4.78, 5) is 10.2. The summed E-state index contributed by atoms with van der Waals surface area (Å²) in [5.41, 5.74) is 0.599. The van der Waals surface area contributed by atoms with Crippen molar-refractivity contribution in [1.82, 2.24) is 0 Å². The van der Waals surface area contributed by atoms with E-state index in [1.165, 1.54) is 19.2 Å². The number of hydrogen-bond acceptors (Lipinski definition) is 4. The Morgan fingerprint density at radius 2 is 2.15 bits per heavy atom. The van der Waals surface area contributed by atoms with Crippen molar-refractivity contribution in [3.63, 3.8) is 0 Å². The standard InChI is InChI=1S/C9H10O4/c1-13-8-5-6(2-3-10)4-7(11)9(8)12/h3-5,11-12H,2H2,1H3. The summed E-state index contributed by atoms with van der Waals surface area (Å²) in [5, 5.41) is 18.4. The molecule has 0 atom stereocenters. The average molecular weight is 182 g/mol. The predicted molar refractivity (Wildman–Crippen MR) is 46.1 cm³/mol. The van der Waals surface area contributed by atoms with E-state index in [0.717, 1.165) is 0 Å². The van der Waals surface area contributed by atoms with Crippen LogP contribution >= 0.6 is 0 Å². The third-order valence-corrected chi connectivity index (χ3v) is 1.65. The first-order valence-corrected chi connectivity index (χ1v) is 3.71. The van der Waals surface area contributed by atoms with Gasteiger partial charge in [0, 0.05) is 6.42 Å². The van der Waals surface area contributed by atoms with Gasteiger partial charge in [0.15, 0.2) is 11.5 Å². The number of carbonyl (C=O) groups excluding carboxylic acids is 1. The second-order valence-corrected chi connectivity index (χ2v) is 2.54. The summed E-state index contributed by atoms with van der Waals surface area (Å²) in [5.74, 6) is -0.426. The number of aromatic hydroxyl groups is 2. The summed E-state index contributed by atoms with van der Waals surface area (Å²) >= 11 is 0. The highest BCUT2D eigenvalue weighted by molar-refractivity contribution is 5.59. The van der Waals surface area contributed by atoms with E-state index in [1.807, 2.05) is 0 Å². The number of carbonyl (C=O) groups is 1. The molecule has 2 N–H and O–H groups in total. The van der Waals surface area contributed by atoms with Crippen molar-refractivity contribution in [2.75, 3.05) is 7.11 Å². The minimum absolute atomic E-state index is 0.164. The molecule has 1 aromatic rings. The second-order valence-electron chi connectivity index (χ2n) is 2.54. The summed E-state index contributed by atoms with van der Waals surface area (Å²) in [7, 11) is 1.37. The summed E-state index contributed by atoms with van der Waals surface area (Å²) < 4.78 is 4.79. The van der Waals surface area contributed by atoms with Crippen LogP contribution < -0.4 is 4.74 Å². The molecule has 13 heavy (non-hydrogen) atoms. The molecule has 1 aromatic carbocycles. The molecule has 0 amide bonds. The van der Waals surface area contributed by atoms with Crippen molar-refractivity contribution in [2.45, 2.75) is 6.42 Å². The lowest BCUT2D eigenvalue weighted by molar-refractivity contribution is -0.107. The molecular weight excluding hydrogens is 172 g/mol. The zero-order valence-corrected chi connectivity index (χ0v) is 7.15. The monoisotopic (exact) mass is 182 g/mol. The molecule has 0 aromatic heterocycles. The normalized spacial score (nSPS) is 9.62. The zero-order chi connectivity index (χ0) is 9.84. The van der Waals surface area contributed by atoms with Gasteiger partial charge in [0.2, 0.25) is 5.75 Å². The first-order valence-electron chi connectivity index (χ1n) is 3.71. The van der Waals surface area contributed by atoms with E-state index in [9.17, 15) is 15.0 Å². The minimum atomic E-state index is -0.308. The molecule has 0 fully saturated rings. The largest absolute Gasteiger partial charge is 0.504 e. The first kappa shape index (κ1) is 9.38. The Bertz CT molecular complexity index is 320. The summed E-state index contributed by atoms with van der Waals surface area (Å²) in [6.07, 6.45) is 0.898. The lowest BCUT2D eigenvalue weighted by Gasteiger charge is -2.06. The SMILES string of the molecule is COc1cc(CC=O)cc(O)c1O. The van der Waals surface area contributed by atoms with E-state index in [4.69, 9.17) is 4.74 Å². The van der Waals surface area contributed by atoms with Crippen molar-refractivity contribution >= 4 is 6.29 Å². The van der Waals surface area contributed by atoms with Crippen molar-refractivity contribution in [3.05, 3.63) is 17.7 Å². The van der Waals surface area contributed by atoms with Gasteiger partial charge in [-0.3, -0.25) is 0 Å². The topological polar surface area (TPSA) is 66.8 Å². The molecule has 0 aliphatic rings. The number of phenols is 2. The quantitative estimate of drug-likeness (QED) is 0.537. The Hall–Kier alpha value is -1.71. The van der Waals surface area contributed by atoms with E-state index in [1.54, 1.807) is 0 Å². The molecule has 0 heterocycles. The molecule has 0 bridgehead atoms. The fourth-order valence-electron chi connectivity index (χ4n) is 1.02. The molecule has 0 aliphatic carbocycles. The molecule has 1 rings (SSSR count). The van der Waals surface area contributed by atoms with Crippen LogP contribution in [0.5, 0.6) is 17.2 Å². The number of rotatable bonds is 3. The summed E-state index contributed by atoms with van der Waals surface area (Å²) in [6, 6.07) is 2.83. The van der Waals surface area contributed by atoms with Gasteiger partial charge in [-0.15, -0.1) is 0 Å². The van der Waals surface area contributed by atoms with Gasteiger partial charge in [-0.05, 0) is 17.7 Å². The van der Waals surface area contributed by atoms with Crippen molar-refractivity contribution in [3.8, 4) is 17.2 Å². The lowest BCUT2D eigenvalue weighted by Crippen LogP contribution is -1.89. The van der Waals surface area contributed by atoms with Crippen LogP contribution in [0.2, 0.25) is 0 Å². The minimum Gasteiger partial charge on any atom is -0.504 e. The van der Waals surface area contributed by atoms with Gasteiger partial charge in [0.05, 0.1) is 7.11 Å². The van der Waals surface area contributed by atoms with Crippen molar-refractivity contribution in [1.29, 1.82) is 0 Å². The van der Waals surface area contributed by atoms with Gasteiger partial charge < -0.3 is 19.7 Å². The highest BCUT2D eigenvalue weighted by Gasteiger charge is 2.08. The molecule has 0 unspecified atom stereocenters. The average Bonchev–Trinajstić information content (AvgIpc) is 2.11. The maximum atomic E-state index is 10.2. The molecule has 4 heteroatoms. The van der Waals surface area contributed by atoms with Gasteiger partial charge in [-0.2, -0.15) is 0 Å². The Morgan fingerprint density at radius 1 is 1.46 bits per heavy atom. The number of benzene rings is 1. The van der Waals surface area contributed by atoms with Gasteiger partial charge >= 0.3 is 0 Å². The predicted octanol–water partition coefficient (Wildman–Crippen LogP) is 0.848. The van der Waals surface area contributed by atoms with Gasteiger partial charge in [0.25, 0.3) is 0 Å². The molecule has 0 spiro atoms. The van der Waals surface area contributed by atoms with E-state index >= 15 is 0 Å². The maximum Gasteiger partial charge on any atom is 0.200 e. The molecular formula is C9H10O4. The molecule has 4 nitrogen and oxygen atoms in total. The van der Waals surface area contributed by atoms with Crippen LogP contribution in [0.3, 0.4) is 0 Å². The van der Waals surface area contributed by atoms with Crippen LogP contribution in [0.15, 0.2) is 12.1 Å². The van der Waals surface area contributed by atoms with Crippen LogP contribution in [0.1, 0.15) is 5.56 Å². The highest BCUT2D eigenvalue weighted by atomic mass is 16.5. The van der Waals surface area contributed by atoms with E-state index < -0.39 is 0 Å². The third kappa shape index (κ3) is 1.90. The van der Waals surface area contributed by atoms with Crippen LogP contribution in [-0.2, 0) is 11.2 Å². The number of aldehydes is 1. The number of methoxy groups -OCH3 is 1. The fourth-order valence-corrected chi connectivity index (χ4v) is 1.02. The molecule has 0 aliphatic heterocycles. The highest BCUT2D eigenvalue weighted by Crippen LogP contribution is 2.36. The third-order valence-electron chi connectivity index (χ3n) is 1.65. The van der Waals surface area contributed by atoms with E-state index in [0.29, 0.717) is 11.8 Å². The zero-order valence-electron chi connectivity index (χ0n) is 7.15. The second kappa shape index (κ2) is 3.80. The number of phenolic OH excluding ortho intramolecular Hbond substituents is 2. The fraction of sp³-hybridized carbons (Fsp3) is 0.222. The van der Waals surface area contributed by atoms with Gasteiger partial charge in [-0.1, -0.05) is 0 Å². The molecule has 0 saturated heterocycles. The number of hydrogen-bond donors (Lipinski definition) is 2. The molecule has 70 valence electrons. The Labute approximate surface area is 75.4 Å². The van der Waals surface area contributed by atoms with Crippen LogP contribution in [0, 0.1) is 0 Å². The van der Waals surface area contributed by atoms with Crippen molar-refractivity contribution < 1.29 is 19.7 Å². The Balaban J connectivity index is 3.13. The first-order chi connectivity index (χ1) is 6.19. The van der Waals surface area contributed by atoms with Crippen LogP contribution in [0.25, 0.3) is 0 Å². The van der Waals surface area contributed by atoms with Crippen molar-refractivity contribution in [2.24, 2.45) is 0 Å². The van der Waals surface area contributed by atoms with Crippen LogP contribution in [-0.4, -0.2) is 23.6 Å². The van der Waals surface area contributed by atoms with Gasteiger partial charge in [0.1, 0.15) is 6.29 Å². The maximum absolute atomic E-state index is 10.2. The smallest absolute Gasteiger partial charge is 0.200 e. The van der Waals surface area contributed by atoms with Crippen LogP contribution in [0.4, 0.5) is 0 Å². The van der Waals surface area contributed by atoms with E-state index in [-0.39, 0.29) is 23.7 Å². The molecule has 0 saturated carbocycles. The van der Waals surface area contributed by atoms with E-state index in [2.05, 4.69) is 0 Å². The Morgan fingerprint density at radius 3 is 2.69 bits per heavy atom.